The minimum absolute atomic E-state index is 0.228. The molecule has 1 aromatic heterocycles. The standard InChI is InChI=1S/C18H31N3O2/c1-13(2)16(12-21-17(22)23-18(4,5)6)11-20-14(3)15-8-7-9-19-10-15/h7-10,13-14,16,20H,11-12H2,1-6H3,(H,21,22). The molecule has 0 radical (unpaired) electrons. The van der Waals surface area contributed by atoms with E-state index in [-0.39, 0.29) is 12.1 Å². The second-order valence-electron chi connectivity index (χ2n) is 7.30. The topological polar surface area (TPSA) is 63.2 Å². The molecule has 0 fully saturated rings. The third-order valence-electron chi connectivity index (χ3n) is 3.72. The summed E-state index contributed by atoms with van der Waals surface area (Å²) >= 11 is 0. The van der Waals surface area contributed by atoms with Crippen LogP contribution >= 0.6 is 0 Å². The van der Waals surface area contributed by atoms with Gasteiger partial charge in [-0.3, -0.25) is 4.98 Å². The molecule has 23 heavy (non-hydrogen) atoms. The molecule has 2 N–H and O–H groups in total. The molecule has 5 nitrogen and oxygen atoms in total. The molecule has 1 rings (SSSR count). The van der Waals surface area contributed by atoms with Gasteiger partial charge in [0.15, 0.2) is 0 Å². The van der Waals surface area contributed by atoms with Crippen LogP contribution in [0.5, 0.6) is 0 Å². The predicted molar refractivity (Wildman–Crippen MR) is 93.2 cm³/mol. The second kappa shape index (κ2) is 8.87. The number of alkyl carbamates (subject to hydrolysis) is 1. The molecule has 1 aromatic rings. The Balaban J connectivity index is 2.45. The van der Waals surface area contributed by atoms with Crippen LogP contribution in [0.3, 0.4) is 0 Å². The molecule has 1 heterocycles. The molecule has 2 unspecified atom stereocenters. The molecule has 0 saturated carbocycles. The summed E-state index contributed by atoms with van der Waals surface area (Å²) in [5, 5.41) is 6.39. The number of aromatic nitrogens is 1. The van der Waals surface area contributed by atoms with Crippen molar-refractivity contribution in [3.8, 4) is 0 Å². The Morgan fingerprint density at radius 1 is 1.26 bits per heavy atom. The van der Waals surface area contributed by atoms with Crippen LogP contribution in [0.4, 0.5) is 4.79 Å². The molecule has 130 valence electrons. The normalized spacial score (nSPS) is 14.4. The molecule has 0 spiro atoms. The Hall–Kier alpha value is -1.62. The van der Waals surface area contributed by atoms with Crippen molar-refractivity contribution in [3.05, 3.63) is 30.1 Å². The van der Waals surface area contributed by atoms with Crippen LogP contribution in [0.1, 0.15) is 53.1 Å². The first-order valence-electron chi connectivity index (χ1n) is 8.29. The van der Waals surface area contributed by atoms with Crippen molar-refractivity contribution in [1.82, 2.24) is 15.6 Å². The van der Waals surface area contributed by atoms with Crippen molar-refractivity contribution in [1.29, 1.82) is 0 Å². The fourth-order valence-corrected chi connectivity index (χ4v) is 2.15. The number of nitrogens with one attached hydrogen (secondary N) is 2. The van der Waals surface area contributed by atoms with Gasteiger partial charge < -0.3 is 15.4 Å². The van der Waals surface area contributed by atoms with Gasteiger partial charge in [0.05, 0.1) is 0 Å². The molecule has 0 aliphatic carbocycles. The molecule has 0 aromatic carbocycles. The average molecular weight is 321 g/mol. The number of carbonyl (C=O) groups excluding carboxylic acids is 1. The van der Waals surface area contributed by atoms with Crippen LogP contribution in [-0.2, 0) is 4.74 Å². The van der Waals surface area contributed by atoms with Crippen LogP contribution in [0.2, 0.25) is 0 Å². The zero-order chi connectivity index (χ0) is 17.5. The molecule has 0 aliphatic heterocycles. The number of hydrogen-bond acceptors (Lipinski definition) is 4. The smallest absolute Gasteiger partial charge is 0.407 e. The van der Waals surface area contributed by atoms with E-state index in [2.05, 4.69) is 42.5 Å². The van der Waals surface area contributed by atoms with E-state index in [0.717, 1.165) is 12.1 Å². The highest BCUT2D eigenvalue weighted by Gasteiger charge is 2.19. The third kappa shape index (κ3) is 7.98. The summed E-state index contributed by atoms with van der Waals surface area (Å²) < 4.78 is 5.28. The van der Waals surface area contributed by atoms with Gasteiger partial charge >= 0.3 is 6.09 Å². The molecule has 0 aliphatic rings. The largest absolute Gasteiger partial charge is 0.444 e. The predicted octanol–water partition coefficient (Wildman–Crippen LogP) is 3.53. The first kappa shape index (κ1) is 19.4. The van der Waals surface area contributed by atoms with E-state index in [9.17, 15) is 4.79 Å². The van der Waals surface area contributed by atoms with Gasteiger partial charge in [0, 0.05) is 31.5 Å². The van der Waals surface area contributed by atoms with Gasteiger partial charge in [-0.25, -0.2) is 4.79 Å². The van der Waals surface area contributed by atoms with Gasteiger partial charge in [0.25, 0.3) is 0 Å². The van der Waals surface area contributed by atoms with Crippen LogP contribution in [0.15, 0.2) is 24.5 Å². The number of nitrogens with zero attached hydrogens (tertiary/aromatic N) is 1. The zero-order valence-electron chi connectivity index (χ0n) is 15.2. The van der Waals surface area contributed by atoms with Crippen molar-refractivity contribution >= 4 is 6.09 Å². The van der Waals surface area contributed by atoms with Crippen molar-refractivity contribution in [2.24, 2.45) is 11.8 Å². The van der Waals surface area contributed by atoms with E-state index in [4.69, 9.17) is 4.74 Å². The fraction of sp³-hybridized carbons (Fsp3) is 0.667. The van der Waals surface area contributed by atoms with Gasteiger partial charge in [-0.05, 0) is 51.2 Å². The van der Waals surface area contributed by atoms with Crippen molar-refractivity contribution in [2.75, 3.05) is 13.1 Å². The summed E-state index contributed by atoms with van der Waals surface area (Å²) in [4.78, 5) is 15.9. The van der Waals surface area contributed by atoms with Gasteiger partial charge in [-0.15, -0.1) is 0 Å². The SMILES string of the molecule is CC(NCC(CNC(=O)OC(C)(C)C)C(C)C)c1cccnc1. The van der Waals surface area contributed by atoms with Crippen molar-refractivity contribution in [2.45, 2.75) is 53.2 Å². The van der Waals surface area contributed by atoms with Crippen molar-refractivity contribution < 1.29 is 9.53 Å². The first-order chi connectivity index (χ1) is 10.7. The summed E-state index contributed by atoms with van der Waals surface area (Å²) in [6.07, 6.45) is 3.29. The Morgan fingerprint density at radius 2 is 1.96 bits per heavy atom. The first-order valence-corrected chi connectivity index (χ1v) is 8.29. The average Bonchev–Trinajstić information content (AvgIpc) is 2.45. The minimum Gasteiger partial charge on any atom is -0.444 e. The summed E-state index contributed by atoms with van der Waals surface area (Å²) in [5.74, 6) is 0.792. The molecule has 2 atom stereocenters. The monoisotopic (exact) mass is 321 g/mol. The summed E-state index contributed by atoms with van der Waals surface area (Å²) in [6.45, 7) is 13.5. The third-order valence-corrected chi connectivity index (χ3v) is 3.72. The number of pyridine rings is 1. The van der Waals surface area contributed by atoms with E-state index in [0.29, 0.717) is 18.4 Å². The molecule has 0 saturated heterocycles. The lowest BCUT2D eigenvalue weighted by Crippen LogP contribution is -2.40. The van der Waals surface area contributed by atoms with E-state index in [1.54, 1.807) is 6.20 Å². The van der Waals surface area contributed by atoms with Crippen molar-refractivity contribution in [3.63, 3.8) is 0 Å². The maximum absolute atomic E-state index is 11.8. The summed E-state index contributed by atoms with van der Waals surface area (Å²) in [7, 11) is 0. The maximum atomic E-state index is 11.8. The second-order valence-corrected chi connectivity index (χ2v) is 7.30. The lowest BCUT2D eigenvalue weighted by Gasteiger charge is -2.25. The highest BCUT2D eigenvalue weighted by Crippen LogP contribution is 2.14. The number of carbonyl (C=O) groups is 1. The fourth-order valence-electron chi connectivity index (χ4n) is 2.15. The Bertz CT molecular complexity index is 469. The number of rotatable bonds is 7. The van der Waals surface area contributed by atoms with Crippen LogP contribution in [0, 0.1) is 11.8 Å². The Kier molecular flexibility index (Phi) is 7.49. The summed E-state index contributed by atoms with van der Waals surface area (Å²) in [6, 6.07) is 4.23. The Morgan fingerprint density at radius 3 is 2.48 bits per heavy atom. The lowest BCUT2D eigenvalue weighted by atomic mass is 9.95. The number of ether oxygens (including phenoxy) is 1. The van der Waals surface area contributed by atoms with E-state index >= 15 is 0 Å². The number of hydrogen-bond donors (Lipinski definition) is 2. The molecule has 5 heteroatoms. The highest BCUT2D eigenvalue weighted by atomic mass is 16.6. The van der Waals surface area contributed by atoms with Crippen LogP contribution in [0.25, 0.3) is 0 Å². The quantitative estimate of drug-likeness (QED) is 0.806. The minimum atomic E-state index is -0.468. The Labute approximate surface area is 140 Å². The molecular formula is C18H31N3O2. The zero-order valence-corrected chi connectivity index (χ0v) is 15.2. The van der Waals surface area contributed by atoms with E-state index in [1.807, 2.05) is 33.0 Å². The van der Waals surface area contributed by atoms with Gasteiger partial charge in [0.1, 0.15) is 5.60 Å². The van der Waals surface area contributed by atoms with Gasteiger partial charge in [-0.2, -0.15) is 0 Å². The highest BCUT2D eigenvalue weighted by molar-refractivity contribution is 5.67. The molecule has 1 amide bonds. The van der Waals surface area contributed by atoms with Crippen LogP contribution in [-0.4, -0.2) is 29.8 Å². The summed E-state index contributed by atoms with van der Waals surface area (Å²) in [5.41, 5.74) is 0.694. The molecule has 0 bridgehead atoms. The van der Waals surface area contributed by atoms with E-state index in [1.165, 1.54) is 0 Å². The van der Waals surface area contributed by atoms with Gasteiger partial charge in [0.2, 0.25) is 0 Å². The van der Waals surface area contributed by atoms with Gasteiger partial charge in [-0.1, -0.05) is 19.9 Å². The van der Waals surface area contributed by atoms with E-state index < -0.39 is 5.60 Å². The van der Waals surface area contributed by atoms with Crippen LogP contribution < -0.4 is 10.6 Å². The lowest BCUT2D eigenvalue weighted by molar-refractivity contribution is 0.0514. The number of amides is 1. The maximum Gasteiger partial charge on any atom is 0.407 e. The molecular weight excluding hydrogens is 290 g/mol.